The molecule has 0 bridgehead atoms. The minimum atomic E-state index is 1.17. The molecule has 0 amide bonds. The third kappa shape index (κ3) is 28.1. The van der Waals surface area contributed by atoms with E-state index in [9.17, 15) is 0 Å². The lowest BCUT2D eigenvalue weighted by molar-refractivity contribution is 0.631. The second-order valence-electron chi connectivity index (χ2n) is 5.00. The molecule has 0 N–H and O–H groups in total. The average molecular weight is 544 g/mol. The van der Waals surface area contributed by atoms with E-state index in [1.165, 1.54) is 98.4 Å². The van der Waals surface area contributed by atoms with Crippen LogP contribution in [0.25, 0.3) is 0 Å². The molecular formula is C16H32Br4. The summed E-state index contributed by atoms with van der Waals surface area (Å²) in [7, 11) is 0. The molecular weight excluding hydrogens is 512 g/mol. The number of hydrogen-bond acceptors (Lipinski definition) is 0. The van der Waals surface area contributed by atoms with E-state index in [-0.39, 0.29) is 0 Å². The number of alkyl halides is 4. The second kappa shape index (κ2) is 25.9. The molecule has 20 heavy (non-hydrogen) atoms. The summed E-state index contributed by atoms with van der Waals surface area (Å²) < 4.78 is 0. The van der Waals surface area contributed by atoms with Gasteiger partial charge in [-0.15, -0.1) is 0 Å². The van der Waals surface area contributed by atoms with Gasteiger partial charge in [-0.1, -0.05) is 115 Å². The summed E-state index contributed by atoms with van der Waals surface area (Å²) in [5.74, 6) is 0. The van der Waals surface area contributed by atoms with Gasteiger partial charge in [0.05, 0.1) is 0 Å². The lowest BCUT2D eigenvalue weighted by Crippen LogP contribution is -1.80. The zero-order valence-corrected chi connectivity index (χ0v) is 19.2. The Labute approximate surface area is 161 Å². The highest BCUT2D eigenvalue weighted by molar-refractivity contribution is 9.09. The highest BCUT2D eigenvalue weighted by Gasteiger charge is 1.89. The fourth-order valence-electron chi connectivity index (χ4n) is 1.79. The van der Waals surface area contributed by atoms with Crippen LogP contribution in [0.2, 0.25) is 0 Å². The van der Waals surface area contributed by atoms with Crippen molar-refractivity contribution in [3.05, 3.63) is 0 Å². The van der Waals surface area contributed by atoms with E-state index in [0.717, 1.165) is 0 Å². The topological polar surface area (TPSA) is 0 Å². The van der Waals surface area contributed by atoms with Crippen molar-refractivity contribution in [2.75, 3.05) is 21.3 Å². The molecule has 0 aliphatic carbocycles. The highest BCUT2D eigenvalue weighted by Crippen LogP contribution is 2.07. The van der Waals surface area contributed by atoms with Crippen LogP contribution in [-0.4, -0.2) is 21.3 Å². The van der Waals surface area contributed by atoms with E-state index < -0.39 is 0 Å². The van der Waals surface area contributed by atoms with Crippen molar-refractivity contribution in [3.63, 3.8) is 0 Å². The third-order valence-corrected chi connectivity index (χ3v) is 5.28. The Morgan fingerprint density at radius 1 is 0.250 bits per heavy atom. The van der Waals surface area contributed by atoms with Gasteiger partial charge in [0.25, 0.3) is 0 Å². The maximum Gasteiger partial charge on any atom is 0.00313 e. The lowest BCUT2D eigenvalue weighted by atomic mass is 10.1. The first-order valence-electron chi connectivity index (χ1n) is 8.07. The number of hydrogen-bond donors (Lipinski definition) is 0. The standard InChI is InChI=1S/2C8H16Br2/c2*9-7-5-3-1-2-4-6-8-10/h2*1-8H2. The molecule has 0 fully saturated rings. The maximum atomic E-state index is 3.42. The molecule has 0 aromatic rings. The van der Waals surface area contributed by atoms with Gasteiger partial charge >= 0.3 is 0 Å². The summed E-state index contributed by atoms with van der Waals surface area (Å²) in [5, 5.41) is 4.69. The Morgan fingerprint density at radius 2 is 0.400 bits per heavy atom. The molecule has 0 aliphatic heterocycles. The van der Waals surface area contributed by atoms with E-state index in [2.05, 4.69) is 63.7 Å². The highest BCUT2D eigenvalue weighted by atomic mass is 79.9. The van der Waals surface area contributed by atoms with Gasteiger partial charge < -0.3 is 0 Å². The van der Waals surface area contributed by atoms with Crippen LogP contribution in [0.5, 0.6) is 0 Å². The molecule has 0 rings (SSSR count). The SMILES string of the molecule is BrCCCCCCCCBr.BrCCCCCCCCBr. The number of unbranched alkanes of at least 4 members (excludes halogenated alkanes) is 10. The van der Waals surface area contributed by atoms with Crippen LogP contribution in [0.4, 0.5) is 0 Å². The Kier molecular flexibility index (Phi) is 31.2. The van der Waals surface area contributed by atoms with Gasteiger partial charge in [-0.2, -0.15) is 0 Å². The molecule has 0 radical (unpaired) electrons. The monoisotopic (exact) mass is 540 g/mol. The van der Waals surface area contributed by atoms with Crippen molar-refractivity contribution in [1.29, 1.82) is 0 Å². The van der Waals surface area contributed by atoms with Gasteiger partial charge in [0, 0.05) is 21.3 Å². The predicted octanol–water partition coefficient (Wildman–Crippen LogP) is 8.23. The quantitative estimate of drug-likeness (QED) is 0.153. The molecule has 4 heteroatoms. The summed E-state index contributed by atoms with van der Waals surface area (Å²) in [5.41, 5.74) is 0. The van der Waals surface area contributed by atoms with Gasteiger partial charge in [-0.25, -0.2) is 0 Å². The molecule has 0 saturated carbocycles. The van der Waals surface area contributed by atoms with E-state index in [0.29, 0.717) is 0 Å². The van der Waals surface area contributed by atoms with E-state index in [1.807, 2.05) is 0 Å². The summed E-state index contributed by atoms with van der Waals surface area (Å²) >= 11 is 13.7. The molecule has 0 heterocycles. The molecule has 0 nitrogen and oxygen atoms in total. The molecule has 0 aromatic heterocycles. The molecule has 0 aromatic carbocycles. The van der Waals surface area contributed by atoms with Gasteiger partial charge in [-0.05, 0) is 25.7 Å². The van der Waals surface area contributed by atoms with Crippen LogP contribution >= 0.6 is 63.7 Å². The van der Waals surface area contributed by atoms with Crippen molar-refractivity contribution in [1.82, 2.24) is 0 Å². The zero-order valence-electron chi connectivity index (χ0n) is 12.8. The minimum absolute atomic E-state index is 1.17. The maximum absolute atomic E-state index is 3.42. The van der Waals surface area contributed by atoms with Gasteiger partial charge in [-0.3, -0.25) is 0 Å². The smallest absolute Gasteiger partial charge is 0.00313 e. The first kappa shape index (κ1) is 24.2. The van der Waals surface area contributed by atoms with Crippen LogP contribution < -0.4 is 0 Å². The van der Waals surface area contributed by atoms with E-state index >= 15 is 0 Å². The fraction of sp³-hybridized carbons (Fsp3) is 1.00. The minimum Gasteiger partial charge on any atom is -0.0928 e. The normalized spacial score (nSPS) is 10.2. The first-order valence-corrected chi connectivity index (χ1v) is 12.6. The Balaban J connectivity index is 0. The molecule has 0 aliphatic rings. The fourth-order valence-corrected chi connectivity index (χ4v) is 3.38. The summed E-state index contributed by atoms with van der Waals surface area (Å²) in [4.78, 5) is 0. The Hall–Kier alpha value is 1.92. The van der Waals surface area contributed by atoms with Crippen LogP contribution in [0.15, 0.2) is 0 Å². The molecule has 0 spiro atoms. The van der Waals surface area contributed by atoms with Crippen molar-refractivity contribution >= 4 is 63.7 Å². The predicted molar refractivity (Wildman–Crippen MR) is 111 cm³/mol. The van der Waals surface area contributed by atoms with Crippen LogP contribution in [0.1, 0.15) is 77.0 Å². The lowest BCUT2D eigenvalue weighted by Gasteiger charge is -1.96. The van der Waals surface area contributed by atoms with Crippen LogP contribution in [0, 0.1) is 0 Å². The molecule has 0 saturated heterocycles. The summed E-state index contributed by atoms with van der Waals surface area (Å²) in [6, 6.07) is 0. The summed E-state index contributed by atoms with van der Waals surface area (Å²) in [6.45, 7) is 0. The van der Waals surface area contributed by atoms with E-state index in [4.69, 9.17) is 0 Å². The zero-order chi connectivity index (χ0) is 15.3. The largest absolute Gasteiger partial charge is 0.0928 e. The van der Waals surface area contributed by atoms with Crippen LogP contribution in [-0.2, 0) is 0 Å². The molecule has 0 unspecified atom stereocenters. The van der Waals surface area contributed by atoms with Crippen LogP contribution in [0.3, 0.4) is 0 Å². The Bertz CT molecular complexity index is 110. The van der Waals surface area contributed by atoms with Crippen molar-refractivity contribution < 1.29 is 0 Å². The number of halogens is 4. The van der Waals surface area contributed by atoms with Crippen molar-refractivity contribution in [2.45, 2.75) is 77.0 Å². The molecule has 124 valence electrons. The number of rotatable bonds is 14. The second-order valence-corrected chi connectivity index (χ2v) is 8.17. The third-order valence-electron chi connectivity index (χ3n) is 3.03. The average Bonchev–Trinajstić information content (AvgIpc) is 2.47. The Morgan fingerprint density at radius 3 is 0.550 bits per heavy atom. The van der Waals surface area contributed by atoms with Crippen molar-refractivity contribution in [3.8, 4) is 0 Å². The van der Waals surface area contributed by atoms with Gasteiger partial charge in [0.15, 0.2) is 0 Å². The van der Waals surface area contributed by atoms with Gasteiger partial charge in [0.1, 0.15) is 0 Å². The molecule has 0 atom stereocenters. The van der Waals surface area contributed by atoms with E-state index in [1.54, 1.807) is 0 Å². The summed E-state index contributed by atoms with van der Waals surface area (Å²) in [6.07, 6.45) is 16.6. The van der Waals surface area contributed by atoms with Crippen molar-refractivity contribution in [2.24, 2.45) is 0 Å². The van der Waals surface area contributed by atoms with Gasteiger partial charge in [0.2, 0.25) is 0 Å². The first-order chi connectivity index (χ1) is 9.83.